The van der Waals surface area contributed by atoms with Crippen LogP contribution in [0.1, 0.15) is 76.5 Å². The molecule has 0 spiro atoms. The Kier molecular flexibility index (Phi) is 4.89. The highest BCUT2D eigenvalue weighted by molar-refractivity contribution is 5.58. The predicted octanol–water partition coefficient (Wildman–Crippen LogP) is 6.23. The average molecular weight is 407 g/mol. The third kappa shape index (κ3) is 2.99. The monoisotopic (exact) mass is 406 g/mol. The van der Waals surface area contributed by atoms with Gasteiger partial charge in [-0.2, -0.15) is 5.10 Å². The summed E-state index contributed by atoms with van der Waals surface area (Å²) < 4.78 is 0. The maximum absolute atomic E-state index is 10.3. The van der Waals surface area contributed by atoms with E-state index in [1.807, 2.05) is 6.20 Å². The Labute approximate surface area is 181 Å². The number of aliphatic hydroxyl groups is 1. The lowest BCUT2D eigenvalue weighted by atomic mass is 9.44. The maximum Gasteiger partial charge on any atom is 0.0562 e. The van der Waals surface area contributed by atoms with Crippen LogP contribution in [0, 0.1) is 41.4 Å². The van der Waals surface area contributed by atoms with Crippen LogP contribution in [0.2, 0.25) is 0 Å². The number of H-pyrrole nitrogens is 1. The Morgan fingerprint density at radius 1 is 1.20 bits per heavy atom. The molecule has 0 aliphatic heterocycles. The van der Waals surface area contributed by atoms with Crippen LogP contribution in [0.5, 0.6) is 0 Å². The number of aliphatic hydroxyl groups excluding tert-OH is 1. The second-order valence-corrected chi connectivity index (χ2v) is 11.2. The van der Waals surface area contributed by atoms with Crippen molar-refractivity contribution >= 4 is 6.08 Å². The summed E-state index contributed by atoms with van der Waals surface area (Å²) in [7, 11) is 0. The molecule has 4 aliphatic carbocycles. The van der Waals surface area contributed by atoms with Crippen molar-refractivity contribution in [1.29, 1.82) is 0 Å². The first-order chi connectivity index (χ1) is 14.3. The zero-order chi connectivity index (χ0) is 21.1. The molecule has 1 aromatic heterocycles. The minimum Gasteiger partial charge on any atom is -0.393 e. The summed E-state index contributed by atoms with van der Waals surface area (Å²) in [4.78, 5) is 0. The Balaban J connectivity index is 1.35. The van der Waals surface area contributed by atoms with E-state index in [9.17, 15) is 5.11 Å². The Bertz CT molecular complexity index is 894. The molecular weight excluding hydrogens is 368 g/mol. The summed E-state index contributed by atoms with van der Waals surface area (Å²) in [5.41, 5.74) is 5.64. The lowest BCUT2D eigenvalue weighted by Crippen LogP contribution is -2.53. The van der Waals surface area contributed by atoms with Gasteiger partial charge in [0.2, 0.25) is 0 Å². The quantitative estimate of drug-likeness (QED) is 0.585. The number of aromatic nitrogens is 2. The predicted molar refractivity (Wildman–Crippen MR) is 123 cm³/mol. The molecule has 0 saturated heterocycles. The van der Waals surface area contributed by atoms with Crippen LogP contribution in [0.4, 0.5) is 0 Å². The Hall–Kier alpha value is -1.61. The van der Waals surface area contributed by atoms with E-state index in [0.717, 1.165) is 47.8 Å². The molecule has 162 valence electrons. The van der Waals surface area contributed by atoms with Gasteiger partial charge in [0.25, 0.3) is 0 Å². The number of nitrogens with one attached hydrogen (secondary N) is 1. The summed E-state index contributed by atoms with van der Waals surface area (Å²) in [6.07, 6.45) is 18.5. The molecule has 4 aliphatic rings. The first-order valence-corrected chi connectivity index (χ1v) is 12.1. The van der Waals surface area contributed by atoms with Gasteiger partial charge >= 0.3 is 0 Å². The summed E-state index contributed by atoms with van der Waals surface area (Å²) in [5, 5.41) is 17.4. The standard InChI is InChI=1S/C27H38N2O/c1-17(5-6-19-16-28-29-18(19)2)23-9-10-24-22-8-7-20-15-21(30)11-13-26(20,3)25(22)12-14-27(23,24)4/h5-6,9,16,20-22,24-25,30H,1,7-8,10-15H2,2-4H3,(H,28,29)/b6-5-/t20-,21+,22-,24-,25-,26-,27+/m0/s1. The third-order valence-electron chi connectivity index (χ3n) is 9.90. The molecular formula is C27H38N2O. The van der Waals surface area contributed by atoms with Crippen molar-refractivity contribution in [3.05, 3.63) is 47.3 Å². The molecule has 3 saturated carbocycles. The van der Waals surface area contributed by atoms with Gasteiger partial charge < -0.3 is 5.11 Å². The van der Waals surface area contributed by atoms with Crippen LogP contribution in [0.15, 0.2) is 36.1 Å². The summed E-state index contributed by atoms with van der Waals surface area (Å²) in [6, 6.07) is 0. The molecule has 7 atom stereocenters. The first kappa shape index (κ1) is 20.3. The lowest BCUT2D eigenvalue weighted by molar-refractivity contribution is -0.117. The van der Waals surface area contributed by atoms with Gasteiger partial charge in [-0.25, -0.2) is 0 Å². The number of rotatable bonds is 3. The fraction of sp³-hybridized carbons (Fsp3) is 0.667. The number of nitrogens with zero attached hydrogens (tertiary/aromatic N) is 1. The number of aromatic amines is 1. The van der Waals surface area contributed by atoms with Gasteiger partial charge in [0, 0.05) is 11.3 Å². The topological polar surface area (TPSA) is 48.9 Å². The molecule has 3 fully saturated rings. The van der Waals surface area contributed by atoms with E-state index < -0.39 is 0 Å². The second-order valence-electron chi connectivity index (χ2n) is 11.2. The zero-order valence-electron chi connectivity index (χ0n) is 19.0. The minimum atomic E-state index is -0.0535. The van der Waals surface area contributed by atoms with E-state index in [2.05, 4.69) is 55.8 Å². The normalized spacial score (nSPS) is 43.1. The van der Waals surface area contributed by atoms with E-state index in [-0.39, 0.29) is 11.5 Å². The molecule has 0 radical (unpaired) electrons. The van der Waals surface area contributed by atoms with Crippen LogP contribution in [0.3, 0.4) is 0 Å². The smallest absolute Gasteiger partial charge is 0.0562 e. The highest BCUT2D eigenvalue weighted by atomic mass is 16.3. The van der Waals surface area contributed by atoms with Crippen LogP contribution < -0.4 is 0 Å². The van der Waals surface area contributed by atoms with Gasteiger partial charge in [-0.05, 0) is 104 Å². The molecule has 0 aromatic carbocycles. The summed E-state index contributed by atoms with van der Waals surface area (Å²) in [6.45, 7) is 11.6. The van der Waals surface area contributed by atoms with Crippen molar-refractivity contribution in [3.63, 3.8) is 0 Å². The molecule has 3 heteroatoms. The van der Waals surface area contributed by atoms with Crippen molar-refractivity contribution < 1.29 is 5.11 Å². The molecule has 0 amide bonds. The third-order valence-corrected chi connectivity index (χ3v) is 9.90. The molecule has 0 unspecified atom stereocenters. The van der Waals surface area contributed by atoms with Gasteiger partial charge in [0.05, 0.1) is 12.3 Å². The van der Waals surface area contributed by atoms with Crippen LogP contribution >= 0.6 is 0 Å². The molecule has 5 rings (SSSR count). The maximum atomic E-state index is 10.3. The van der Waals surface area contributed by atoms with Gasteiger partial charge in [0.1, 0.15) is 0 Å². The van der Waals surface area contributed by atoms with Gasteiger partial charge in [-0.1, -0.05) is 38.7 Å². The van der Waals surface area contributed by atoms with Crippen LogP contribution in [-0.4, -0.2) is 21.4 Å². The van der Waals surface area contributed by atoms with Gasteiger partial charge in [-0.3, -0.25) is 5.10 Å². The Morgan fingerprint density at radius 3 is 2.80 bits per heavy atom. The highest BCUT2D eigenvalue weighted by Gasteiger charge is 2.58. The number of allylic oxidation sites excluding steroid dienone is 4. The van der Waals surface area contributed by atoms with E-state index >= 15 is 0 Å². The van der Waals surface area contributed by atoms with Crippen molar-refractivity contribution in [1.82, 2.24) is 10.2 Å². The fourth-order valence-corrected chi connectivity index (χ4v) is 8.11. The van der Waals surface area contributed by atoms with Gasteiger partial charge in [-0.15, -0.1) is 0 Å². The van der Waals surface area contributed by atoms with Gasteiger partial charge in [0.15, 0.2) is 0 Å². The van der Waals surface area contributed by atoms with E-state index in [4.69, 9.17) is 0 Å². The van der Waals surface area contributed by atoms with Crippen molar-refractivity contribution in [3.8, 4) is 0 Å². The second kappa shape index (κ2) is 7.22. The number of hydrogen-bond donors (Lipinski definition) is 2. The van der Waals surface area contributed by atoms with Crippen LogP contribution in [-0.2, 0) is 0 Å². The molecule has 30 heavy (non-hydrogen) atoms. The largest absolute Gasteiger partial charge is 0.393 e. The van der Waals surface area contributed by atoms with Crippen molar-refractivity contribution in [2.24, 2.45) is 34.5 Å². The first-order valence-electron chi connectivity index (χ1n) is 12.1. The molecule has 1 aromatic rings. The summed E-state index contributed by atoms with van der Waals surface area (Å²) >= 11 is 0. The molecule has 3 nitrogen and oxygen atoms in total. The fourth-order valence-electron chi connectivity index (χ4n) is 8.11. The zero-order valence-corrected chi connectivity index (χ0v) is 19.0. The molecule has 0 bridgehead atoms. The van der Waals surface area contributed by atoms with Crippen molar-refractivity contribution in [2.75, 3.05) is 0 Å². The number of fused-ring (bicyclic) bond motifs is 5. The highest BCUT2D eigenvalue weighted by Crippen LogP contribution is 2.66. The minimum absolute atomic E-state index is 0.0535. The summed E-state index contributed by atoms with van der Waals surface area (Å²) in [5.74, 6) is 3.17. The van der Waals surface area contributed by atoms with E-state index in [0.29, 0.717) is 5.41 Å². The Morgan fingerprint density at radius 2 is 2.03 bits per heavy atom. The average Bonchev–Trinajstić information content (AvgIpc) is 3.29. The molecule has 2 N–H and O–H groups in total. The van der Waals surface area contributed by atoms with Crippen molar-refractivity contribution in [2.45, 2.75) is 78.2 Å². The van der Waals surface area contributed by atoms with E-state index in [1.165, 1.54) is 49.7 Å². The van der Waals surface area contributed by atoms with E-state index in [1.54, 1.807) is 0 Å². The van der Waals surface area contributed by atoms with Crippen LogP contribution in [0.25, 0.3) is 6.08 Å². The number of aryl methyl sites for hydroxylation is 1. The SMILES string of the molecule is C=C(/C=C\c1cn[nH]c1C)C1=CC[C@H]2[C@@H]3CC[C@H]4C[C@H](O)CC[C@]4(C)[C@H]3CC[C@]12C. The number of hydrogen-bond acceptors (Lipinski definition) is 2. The molecule has 1 heterocycles. The lowest BCUT2D eigenvalue weighted by Gasteiger charge is -2.60.